The molecule has 0 spiro atoms. The highest BCUT2D eigenvalue weighted by Gasteiger charge is 2.16. The summed E-state index contributed by atoms with van der Waals surface area (Å²) in [4.78, 5) is 23.6. The Balaban J connectivity index is 1.83. The number of amides is 2. The van der Waals surface area contributed by atoms with E-state index in [2.05, 4.69) is 10.5 Å². The maximum Gasteiger partial charge on any atom is 0.277 e. The number of nitrogens with zero attached hydrogens (tertiary/aromatic N) is 1. The van der Waals surface area contributed by atoms with Gasteiger partial charge >= 0.3 is 0 Å². The molecule has 114 valence electrons. The topological polar surface area (TPSA) is 98.2 Å². The van der Waals surface area contributed by atoms with E-state index in [1.165, 1.54) is 12.1 Å². The van der Waals surface area contributed by atoms with Gasteiger partial charge in [0, 0.05) is 11.6 Å². The molecule has 1 aromatic heterocycles. The van der Waals surface area contributed by atoms with Gasteiger partial charge in [0.15, 0.2) is 11.5 Å². The first-order valence-corrected chi connectivity index (χ1v) is 6.87. The van der Waals surface area contributed by atoms with Gasteiger partial charge in [0.25, 0.3) is 11.8 Å². The molecule has 3 aromatic rings. The van der Waals surface area contributed by atoms with Crippen LogP contribution in [0.4, 0.5) is 5.69 Å². The lowest BCUT2D eigenvalue weighted by molar-refractivity contribution is 0.100. The lowest BCUT2D eigenvalue weighted by atomic mass is 10.1. The highest BCUT2D eigenvalue weighted by molar-refractivity contribution is 6.08. The lowest BCUT2D eigenvalue weighted by Crippen LogP contribution is -2.18. The van der Waals surface area contributed by atoms with Gasteiger partial charge in [-0.15, -0.1) is 0 Å². The Morgan fingerprint density at radius 2 is 1.70 bits per heavy atom. The highest BCUT2D eigenvalue weighted by Crippen LogP contribution is 2.21. The van der Waals surface area contributed by atoms with Crippen LogP contribution >= 0.6 is 0 Å². The fraction of sp³-hybridized carbons (Fsp3) is 0. The van der Waals surface area contributed by atoms with Crippen LogP contribution in [0.1, 0.15) is 20.8 Å². The first-order valence-electron chi connectivity index (χ1n) is 6.87. The summed E-state index contributed by atoms with van der Waals surface area (Å²) in [5.41, 5.74) is 6.77. The van der Waals surface area contributed by atoms with Gasteiger partial charge in [-0.1, -0.05) is 47.6 Å². The largest absolute Gasteiger partial charge is 0.366 e. The molecule has 0 saturated carbocycles. The Labute approximate surface area is 131 Å². The van der Waals surface area contributed by atoms with Crippen LogP contribution in [0.5, 0.6) is 0 Å². The molecule has 2 amide bonds. The van der Waals surface area contributed by atoms with Crippen molar-refractivity contribution in [3.05, 3.63) is 71.9 Å². The average Bonchev–Trinajstić information content (AvgIpc) is 3.06. The number of carbonyl (C=O) groups is 2. The van der Waals surface area contributed by atoms with Gasteiger partial charge in [-0.2, -0.15) is 0 Å². The van der Waals surface area contributed by atoms with Crippen molar-refractivity contribution in [2.45, 2.75) is 0 Å². The molecule has 0 bridgehead atoms. The smallest absolute Gasteiger partial charge is 0.277 e. The zero-order valence-electron chi connectivity index (χ0n) is 12.0. The Hall–Kier alpha value is -3.41. The van der Waals surface area contributed by atoms with Crippen LogP contribution in [0.15, 0.2) is 65.2 Å². The summed E-state index contributed by atoms with van der Waals surface area (Å²) >= 11 is 0. The first kappa shape index (κ1) is 14.5. The molecule has 0 radical (unpaired) electrons. The van der Waals surface area contributed by atoms with Crippen LogP contribution in [0.3, 0.4) is 0 Å². The fourth-order valence-electron chi connectivity index (χ4n) is 2.11. The van der Waals surface area contributed by atoms with Crippen LogP contribution in [0, 0.1) is 0 Å². The fourth-order valence-corrected chi connectivity index (χ4v) is 2.11. The summed E-state index contributed by atoms with van der Waals surface area (Å²) in [5.74, 6) is -0.616. The molecule has 0 fully saturated rings. The van der Waals surface area contributed by atoms with E-state index in [0.29, 0.717) is 11.4 Å². The van der Waals surface area contributed by atoms with Crippen molar-refractivity contribution in [1.82, 2.24) is 5.16 Å². The normalized spacial score (nSPS) is 10.3. The molecule has 3 N–H and O–H groups in total. The highest BCUT2D eigenvalue weighted by atomic mass is 16.5. The van der Waals surface area contributed by atoms with E-state index in [-0.39, 0.29) is 11.3 Å². The molecule has 6 heteroatoms. The predicted molar refractivity (Wildman–Crippen MR) is 84.9 cm³/mol. The second kappa shape index (κ2) is 6.15. The van der Waals surface area contributed by atoms with Gasteiger partial charge < -0.3 is 15.6 Å². The van der Waals surface area contributed by atoms with Gasteiger partial charge in [-0.3, -0.25) is 9.59 Å². The van der Waals surface area contributed by atoms with Gasteiger partial charge in [-0.05, 0) is 12.1 Å². The molecule has 1 heterocycles. The van der Waals surface area contributed by atoms with E-state index in [9.17, 15) is 9.59 Å². The predicted octanol–water partition coefficient (Wildman–Crippen LogP) is 2.69. The zero-order chi connectivity index (χ0) is 16.2. The monoisotopic (exact) mass is 307 g/mol. The third-order valence-electron chi connectivity index (χ3n) is 3.24. The van der Waals surface area contributed by atoms with Crippen molar-refractivity contribution in [2.24, 2.45) is 5.73 Å². The van der Waals surface area contributed by atoms with Crippen LogP contribution < -0.4 is 11.1 Å². The van der Waals surface area contributed by atoms with Crippen molar-refractivity contribution in [3.8, 4) is 11.3 Å². The van der Waals surface area contributed by atoms with Crippen molar-refractivity contribution in [3.63, 3.8) is 0 Å². The Morgan fingerprint density at radius 1 is 1.00 bits per heavy atom. The number of nitrogens with two attached hydrogens (primary N) is 1. The van der Waals surface area contributed by atoms with E-state index >= 15 is 0 Å². The number of para-hydroxylation sites is 1. The van der Waals surface area contributed by atoms with E-state index < -0.39 is 11.8 Å². The average molecular weight is 307 g/mol. The van der Waals surface area contributed by atoms with Crippen molar-refractivity contribution >= 4 is 17.5 Å². The molecular formula is C17H13N3O3. The minimum atomic E-state index is -0.619. The summed E-state index contributed by atoms with van der Waals surface area (Å²) in [6.45, 7) is 0. The summed E-state index contributed by atoms with van der Waals surface area (Å²) in [7, 11) is 0. The molecule has 6 nitrogen and oxygen atoms in total. The standard InChI is InChI=1S/C17H13N3O3/c18-16(21)12-8-4-5-9-13(12)19-17(22)14-10-15(23-20-14)11-6-2-1-3-7-11/h1-10H,(H2,18,21)(H,19,22). The number of carbonyl (C=O) groups excluding carboxylic acids is 2. The second-order valence-electron chi connectivity index (χ2n) is 4.81. The number of hydrogen-bond acceptors (Lipinski definition) is 4. The lowest BCUT2D eigenvalue weighted by Gasteiger charge is -2.06. The van der Waals surface area contributed by atoms with Crippen molar-refractivity contribution in [2.75, 3.05) is 5.32 Å². The molecule has 3 rings (SSSR count). The molecule has 2 aromatic carbocycles. The van der Waals surface area contributed by atoms with Gasteiger partial charge in [0.2, 0.25) is 0 Å². The number of nitrogens with one attached hydrogen (secondary N) is 1. The number of hydrogen-bond donors (Lipinski definition) is 2. The molecule has 0 atom stereocenters. The van der Waals surface area contributed by atoms with Gasteiger partial charge in [0.1, 0.15) is 0 Å². The SMILES string of the molecule is NC(=O)c1ccccc1NC(=O)c1cc(-c2ccccc2)on1. The molecule has 0 aliphatic carbocycles. The minimum absolute atomic E-state index is 0.114. The third-order valence-corrected chi connectivity index (χ3v) is 3.24. The number of benzene rings is 2. The van der Waals surface area contributed by atoms with Gasteiger partial charge in [-0.25, -0.2) is 0 Å². The maximum absolute atomic E-state index is 12.2. The molecule has 23 heavy (non-hydrogen) atoms. The Kier molecular flexibility index (Phi) is 3.88. The van der Waals surface area contributed by atoms with Crippen LogP contribution in [0.2, 0.25) is 0 Å². The van der Waals surface area contributed by atoms with E-state index in [0.717, 1.165) is 5.56 Å². The number of aromatic nitrogens is 1. The van der Waals surface area contributed by atoms with E-state index in [4.69, 9.17) is 10.3 Å². The summed E-state index contributed by atoms with van der Waals surface area (Å²) in [6, 6.07) is 17.3. The molecular weight excluding hydrogens is 294 g/mol. The third kappa shape index (κ3) is 3.11. The van der Waals surface area contributed by atoms with Crippen LogP contribution in [-0.2, 0) is 0 Å². The Morgan fingerprint density at radius 3 is 2.43 bits per heavy atom. The number of primary amides is 1. The Bertz CT molecular complexity index is 856. The summed E-state index contributed by atoms with van der Waals surface area (Å²) in [6.07, 6.45) is 0. The number of rotatable bonds is 4. The van der Waals surface area contributed by atoms with Crippen molar-refractivity contribution in [1.29, 1.82) is 0 Å². The summed E-state index contributed by atoms with van der Waals surface area (Å²) < 4.78 is 5.18. The first-order chi connectivity index (χ1) is 11.1. The van der Waals surface area contributed by atoms with Crippen molar-refractivity contribution < 1.29 is 14.1 Å². The molecule has 0 aliphatic rings. The second-order valence-corrected chi connectivity index (χ2v) is 4.81. The maximum atomic E-state index is 12.2. The van der Waals surface area contributed by atoms with E-state index in [1.54, 1.807) is 18.2 Å². The molecule has 0 saturated heterocycles. The zero-order valence-corrected chi connectivity index (χ0v) is 12.0. The molecule has 0 unspecified atom stereocenters. The van der Waals surface area contributed by atoms with Crippen LogP contribution in [0.25, 0.3) is 11.3 Å². The minimum Gasteiger partial charge on any atom is -0.366 e. The van der Waals surface area contributed by atoms with Crippen LogP contribution in [-0.4, -0.2) is 17.0 Å². The van der Waals surface area contributed by atoms with Gasteiger partial charge in [0.05, 0.1) is 11.3 Å². The van der Waals surface area contributed by atoms with E-state index in [1.807, 2.05) is 30.3 Å². The summed E-state index contributed by atoms with van der Waals surface area (Å²) in [5, 5.41) is 6.37. The number of anilines is 1. The molecule has 0 aliphatic heterocycles. The quantitative estimate of drug-likeness (QED) is 0.774.